The first kappa shape index (κ1) is 13.2. The molecule has 0 spiro atoms. The summed E-state index contributed by atoms with van der Waals surface area (Å²) in [4.78, 5) is 10.7. The first-order chi connectivity index (χ1) is 8.97. The van der Waals surface area contributed by atoms with Crippen molar-refractivity contribution in [3.05, 3.63) is 52.8 Å². The minimum absolute atomic E-state index is 0.0574. The van der Waals surface area contributed by atoms with Gasteiger partial charge in [0.15, 0.2) is 0 Å². The molecule has 0 saturated carbocycles. The molecule has 98 valence electrons. The molecule has 2 aromatic rings. The summed E-state index contributed by atoms with van der Waals surface area (Å²) >= 11 is 5.62. The van der Waals surface area contributed by atoms with Crippen LogP contribution in [0.3, 0.4) is 0 Å². The van der Waals surface area contributed by atoms with Crippen molar-refractivity contribution in [2.75, 3.05) is 5.73 Å². The molecule has 0 bridgehead atoms. The van der Waals surface area contributed by atoms with E-state index in [9.17, 15) is 9.18 Å². The molecule has 0 aliphatic rings. The molecule has 0 radical (unpaired) electrons. The number of ether oxygens (including phenoxy) is 1. The van der Waals surface area contributed by atoms with Gasteiger partial charge in [0, 0.05) is 6.07 Å². The molecule has 4 nitrogen and oxygen atoms in total. The molecule has 19 heavy (non-hydrogen) atoms. The van der Waals surface area contributed by atoms with Gasteiger partial charge in [-0.2, -0.15) is 0 Å². The fraction of sp³-hybridized carbons (Fsp3) is 0. The molecule has 0 amide bonds. The first-order valence-electron chi connectivity index (χ1n) is 5.23. The number of halogens is 2. The number of hydrogen-bond donors (Lipinski definition) is 2. The maximum Gasteiger partial charge on any atom is 0.335 e. The van der Waals surface area contributed by atoms with Gasteiger partial charge in [0.2, 0.25) is 0 Å². The maximum atomic E-state index is 13.0. The van der Waals surface area contributed by atoms with Crippen LogP contribution in [-0.2, 0) is 0 Å². The number of anilines is 1. The molecular weight excluding hydrogens is 273 g/mol. The minimum Gasteiger partial charge on any atom is -0.478 e. The molecule has 0 aromatic heterocycles. The number of aromatic carboxylic acids is 1. The van der Waals surface area contributed by atoms with E-state index in [0.717, 1.165) is 0 Å². The Kier molecular flexibility index (Phi) is 3.57. The van der Waals surface area contributed by atoms with Gasteiger partial charge in [0.1, 0.15) is 17.3 Å². The molecule has 0 aliphatic carbocycles. The fourth-order valence-electron chi connectivity index (χ4n) is 1.44. The lowest BCUT2D eigenvalue weighted by Gasteiger charge is -2.09. The number of hydrogen-bond acceptors (Lipinski definition) is 3. The molecule has 2 rings (SSSR count). The summed E-state index contributed by atoms with van der Waals surface area (Å²) in [5.41, 5.74) is 5.90. The molecule has 6 heteroatoms. The van der Waals surface area contributed by atoms with E-state index in [2.05, 4.69) is 0 Å². The zero-order chi connectivity index (χ0) is 14.0. The van der Waals surface area contributed by atoms with Crippen molar-refractivity contribution in [2.45, 2.75) is 0 Å². The van der Waals surface area contributed by atoms with Crippen LogP contribution in [0, 0.1) is 5.82 Å². The Labute approximate surface area is 113 Å². The average Bonchev–Trinajstić information content (AvgIpc) is 2.36. The van der Waals surface area contributed by atoms with Crippen molar-refractivity contribution in [3.8, 4) is 11.5 Å². The number of benzene rings is 2. The Balaban J connectivity index is 2.28. The minimum atomic E-state index is -1.08. The molecule has 2 aromatic carbocycles. The lowest BCUT2D eigenvalue weighted by Crippen LogP contribution is -1.99. The summed E-state index contributed by atoms with van der Waals surface area (Å²) in [7, 11) is 0. The summed E-state index contributed by atoms with van der Waals surface area (Å²) < 4.78 is 18.4. The van der Waals surface area contributed by atoms with E-state index in [-0.39, 0.29) is 22.0 Å². The monoisotopic (exact) mass is 281 g/mol. The molecule has 0 atom stereocenters. The van der Waals surface area contributed by atoms with Gasteiger partial charge in [0.05, 0.1) is 16.3 Å². The summed E-state index contributed by atoms with van der Waals surface area (Å²) in [6, 6.07) is 7.94. The van der Waals surface area contributed by atoms with Crippen molar-refractivity contribution >= 4 is 23.3 Å². The van der Waals surface area contributed by atoms with Gasteiger partial charge in [-0.1, -0.05) is 11.6 Å². The van der Waals surface area contributed by atoms with Gasteiger partial charge in [-0.05, 0) is 30.3 Å². The third-order valence-corrected chi connectivity index (χ3v) is 2.67. The van der Waals surface area contributed by atoms with Crippen LogP contribution in [0.15, 0.2) is 36.4 Å². The van der Waals surface area contributed by atoms with Crippen LogP contribution in [0.5, 0.6) is 11.5 Å². The standard InChI is InChI=1S/C13H9ClFNO3/c14-9-6-8(2-3-10(9)15)19-12-4-1-7(13(17)18)5-11(12)16/h1-6H,16H2,(H,17,18). The average molecular weight is 282 g/mol. The molecule has 0 heterocycles. The summed E-state index contributed by atoms with van der Waals surface area (Å²) in [6.07, 6.45) is 0. The Hall–Kier alpha value is -2.27. The van der Waals surface area contributed by atoms with Crippen LogP contribution >= 0.6 is 11.6 Å². The van der Waals surface area contributed by atoms with Crippen molar-refractivity contribution in [1.29, 1.82) is 0 Å². The second-order valence-corrected chi connectivity index (χ2v) is 4.14. The Bertz CT molecular complexity index is 646. The van der Waals surface area contributed by atoms with Gasteiger partial charge in [0.25, 0.3) is 0 Å². The Morgan fingerprint density at radius 1 is 1.26 bits per heavy atom. The number of carboxylic acid groups (broad SMARTS) is 1. The fourth-order valence-corrected chi connectivity index (χ4v) is 1.61. The third-order valence-electron chi connectivity index (χ3n) is 2.38. The molecule has 0 fully saturated rings. The maximum absolute atomic E-state index is 13.0. The van der Waals surface area contributed by atoms with E-state index in [1.54, 1.807) is 0 Å². The predicted molar refractivity (Wildman–Crippen MR) is 69.3 cm³/mol. The largest absolute Gasteiger partial charge is 0.478 e. The second kappa shape index (κ2) is 5.16. The third kappa shape index (κ3) is 2.95. The van der Waals surface area contributed by atoms with Crippen molar-refractivity contribution in [3.63, 3.8) is 0 Å². The number of nitrogens with two attached hydrogens (primary N) is 1. The lowest BCUT2D eigenvalue weighted by atomic mass is 10.2. The van der Waals surface area contributed by atoms with Crippen LogP contribution < -0.4 is 10.5 Å². The Morgan fingerprint density at radius 2 is 2.00 bits per heavy atom. The van der Waals surface area contributed by atoms with E-state index in [1.807, 2.05) is 0 Å². The highest BCUT2D eigenvalue weighted by Gasteiger charge is 2.09. The highest BCUT2D eigenvalue weighted by molar-refractivity contribution is 6.30. The van der Waals surface area contributed by atoms with E-state index >= 15 is 0 Å². The highest BCUT2D eigenvalue weighted by atomic mass is 35.5. The molecule has 0 aliphatic heterocycles. The first-order valence-corrected chi connectivity index (χ1v) is 5.61. The Morgan fingerprint density at radius 3 is 2.58 bits per heavy atom. The zero-order valence-electron chi connectivity index (χ0n) is 9.56. The van der Waals surface area contributed by atoms with Crippen LogP contribution in [0.4, 0.5) is 10.1 Å². The lowest BCUT2D eigenvalue weighted by molar-refractivity contribution is 0.0697. The number of carboxylic acids is 1. The van der Waals surface area contributed by atoms with Crippen LogP contribution in [0.2, 0.25) is 5.02 Å². The van der Waals surface area contributed by atoms with Crippen molar-refractivity contribution in [1.82, 2.24) is 0 Å². The van der Waals surface area contributed by atoms with E-state index in [4.69, 9.17) is 27.2 Å². The van der Waals surface area contributed by atoms with Crippen molar-refractivity contribution < 1.29 is 19.0 Å². The van der Waals surface area contributed by atoms with Crippen LogP contribution in [-0.4, -0.2) is 11.1 Å². The summed E-state index contributed by atoms with van der Waals surface area (Å²) in [6.45, 7) is 0. The number of nitrogen functional groups attached to an aromatic ring is 1. The quantitative estimate of drug-likeness (QED) is 0.844. The van der Waals surface area contributed by atoms with E-state index in [1.165, 1.54) is 36.4 Å². The normalized spacial score (nSPS) is 10.2. The summed E-state index contributed by atoms with van der Waals surface area (Å²) in [5, 5.41) is 8.73. The van der Waals surface area contributed by atoms with E-state index in [0.29, 0.717) is 5.75 Å². The van der Waals surface area contributed by atoms with Crippen LogP contribution in [0.25, 0.3) is 0 Å². The van der Waals surface area contributed by atoms with Gasteiger partial charge < -0.3 is 15.6 Å². The molecular formula is C13H9ClFNO3. The zero-order valence-corrected chi connectivity index (χ0v) is 10.3. The van der Waals surface area contributed by atoms with Crippen molar-refractivity contribution in [2.24, 2.45) is 0 Å². The van der Waals surface area contributed by atoms with Gasteiger partial charge >= 0.3 is 5.97 Å². The molecule has 0 saturated heterocycles. The van der Waals surface area contributed by atoms with Gasteiger partial charge in [-0.3, -0.25) is 0 Å². The number of carbonyl (C=O) groups is 1. The van der Waals surface area contributed by atoms with E-state index < -0.39 is 11.8 Å². The molecule has 0 unspecified atom stereocenters. The highest BCUT2D eigenvalue weighted by Crippen LogP contribution is 2.30. The number of rotatable bonds is 3. The molecule has 3 N–H and O–H groups in total. The smallest absolute Gasteiger partial charge is 0.335 e. The van der Waals surface area contributed by atoms with Gasteiger partial charge in [-0.15, -0.1) is 0 Å². The van der Waals surface area contributed by atoms with Crippen LogP contribution in [0.1, 0.15) is 10.4 Å². The SMILES string of the molecule is Nc1cc(C(=O)O)ccc1Oc1ccc(F)c(Cl)c1. The topological polar surface area (TPSA) is 72.6 Å². The second-order valence-electron chi connectivity index (χ2n) is 3.74. The van der Waals surface area contributed by atoms with Gasteiger partial charge in [-0.25, -0.2) is 9.18 Å². The summed E-state index contributed by atoms with van der Waals surface area (Å²) in [5.74, 6) is -1.06. The predicted octanol–water partition coefficient (Wildman–Crippen LogP) is 3.55.